The van der Waals surface area contributed by atoms with Crippen LogP contribution in [0.25, 0.3) is 0 Å². The summed E-state index contributed by atoms with van der Waals surface area (Å²) in [4.78, 5) is 4.15. The molecule has 0 saturated carbocycles. The molecule has 0 fully saturated rings. The second kappa shape index (κ2) is 6.10. The van der Waals surface area contributed by atoms with Gasteiger partial charge in [-0.2, -0.15) is 0 Å². The molecule has 5 heteroatoms. The first kappa shape index (κ1) is 12.5. The smallest absolute Gasteiger partial charge is 0.128 e. The third-order valence-electron chi connectivity index (χ3n) is 2.31. The van der Waals surface area contributed by atoms with E-state index in [0.717, 1.165) is 18.7 Å². The molecular weight excluding hydrogens is 214 g/mol. The number of hydrogen-bond donors (Lipinski definition) is 2. The lowest BCUT2D eigenvalue weighted by Gasteiger charge is -2.10. The minimum absolute atomic E-state index is 0.272. The van der Waals surface area contributed by atoms with Crippen LogP contribution in [0.15, 0.2) is 6.20 Å². The van der Waals surface area contributed by atoms with E-state index in [2.05, 4.69) is 17.2 Å². The number of halogens is 1. The Morgan fingerprint density at radius 1 is 1.67 bits per heavy atom. The summed E-state index contributed by atoms with van der Waals surface area (Å²) in [5.41, 5.74) is 0. The molecule has 0 amide bonds. The zero-order valence-electron chi connectivity index (χ0n) is 9.20. The highest BCUT2D eigenvalue weighted by Crippen LogP contribution is 2.08. The van der Waals surface area contributed by atoms with E-state index in [9.17, 15) is 5.11 Å². The molecule has 0 aromatic carbocycles. The van der Waals surface area contributed by atoms with Gasteiger partial charge in [-0.05, 0) is 6.42 Å². The maximum atomic E-state index is 9.49. The van der Waals surface area contributed by atoms with Crippen molar-refractivity contribution in [3.05, 3.63) is 17.2 Å². The summed E-state index contributed by atoms with van der Waals surface area (Å²) < 4.78 is 1.82. The standard InChI is InChI=1S/C10H18ClN3O/c1-3-4-8(15)5-12-7-10-13-6-9(11)14(10)2/h6,8,12,15H,3-5,7H2,1-2H3. The van der Waals surface area contributed by atoms with Crippen molar-refractivity contribution in [2.45, 2.75) is 32.4 Å². The summed E-state index contributed by atoms with van der Waals surface area (Å²) in [5, 5.41) is 13.3. The lowest BCUT2D eigenvalue weighted by atomic mass is 10.2. The highest BCUT2D eigenvalue weighted by Gasteiger charge is 2.05. The van der Waals surface area contributed by atoms with Gasteiger partial charge in [0.1, 0.15) is 11.0 Å². The predicted octanol–water partition coefficient (Wildman–Crippen LogP) is 1.32. The van der Waals surface area contributed by atoms with Crippen molar-refractivity contribution in [2.24, 2.45) is 7.05 Å². The molecule has 2 N–H and O–H groups in total. The van der Waals surface area contributed by atoms with E-state index in [4.69, 9.17) is 11.6 Å². The Morgan fingerprint density at radius 2 is 2.40 bits per heavy atom. The lowest BCUT2D eigenvalue weighted by Crippen LogP contribution is -2.27. The number of aliphatic hydroxyl groups excluding tert-OH is 1. The molecule has 0 aliphatic heterocycles. The SMILES string of the molecule is CCCC(O)CNCc1ncc(Cl)n1C. The highest BCUT2D eigenvalue weighted by atomic mass is 35.5. The second-order valence-electron chi connectivity index (χ2n) is 3.63. The Morgan fingerprint density at radius 3 is 2.93 bits per heavy atom. The van der Waals surface area contributed by atoms with Crippen LogP contribution in [0, 0.1) is 0 Å². The highest BCUT2D eigenvalue weighted by molar-refractivity contribution is 6.29. The third kappa shape index (κ3) is 3.81. The van der Waals surface area contributed by atoms with E-state index in [-0.39, 0.29) is 6.10 Å². The van der Waals surface area contributed by atoms with Gasteiger partial charge in [0.25, 0.3) is 0 Å². The van der Waals surface area contributed by atoms with Crippen LogP contribution in [0.4, 0.5) is 0 Å². The molecule has 1 rings (SSSR count). The van der Waals surface area contributed by atoms with Crippen LogP contribution >= 0.6 is 11.6 Å². The first-order valence-electron chi connectivity index (χ1n) is 5.20. The van der Waals surface area contributed by atoms with Crippen molar-refractivity contribution in [3.63, 3.8) is 0 Å². The van der Waals surface area contributed by atoms with Crippen molar-refractivity contribution in [3.8, 4) is 0 Å². The molecule has 86 valence electrons. The summed E-state index contributed by atoms with van der Waals surface area (Å²) in [6.45, 7) is 3.28. The van der Waals surface area contributed by atoms with Crippen LogP contribution < -0.4 is 5.32 Å². The van der Waals surface area contributed by atoms with Gasteiger partial charge < -0.3 is 15.0 Å². The van der Waals surface area contributed by atoms with Crippen LogP contribution in [0.1, 0.15) is 25.6 Å². The van der Waals surface area contributed by atoms with Crippen LogP contribution in [0.3, 0.4) is 0 Å². The molecule has 1 heterocycles. The van der Waals surface area contributed by atoms with Gasteiger partial charge in [0.2, 0.25) is 0 Å². The number of aliphatic hydroxyl groups is 1. The minimum atomic E-state index is -0.272. The van der Waals surface area contributed by atoms with Crippen LogP contribution in [0.5, 0.6) is 0 Å². The Balaban J connectivity index is 2.29. The average Bonchev–Trinajstić information content (AvgIpc) is 2.50. The summed E-state index contributed by atoms with van der Waals surface area (Å²) in [7, 11) is 1.87. The minimum Gasteiger partial charge on any atom is -0.392 e. The zero-order valence-corrected chi connectivity index (χ0v) is 9.96. The van der Waals surface area contributed by atoms with E-state index < -0.39 is 0 Å². The Bertz CT molecular complexity index is 301. The van der Waals surface area contributed by atoms with Gasteiger partial charge in [-0.15, -0.1) is 0 Å². The molecule has 0 saturated heterocycles. The molecule has 4 nitrogen and oxygen atoms in total. The zero-order chi connectivity index (χ0) is 11.3. The molecule has 1 aromatic heterocycles. The number of aromatic nitrogens is 2. The third-order valence-corrected chi connectivity index (χ3v) is 2.66. The maximum Gasteiger partial charge on any atom is 0.128 e. The van der Waals surface area contributed by atoms with E-state index in [1.165, 1.54) is 0 Å². The number of rotatable bonds is 6. The van der Waals surface area contributed by atoms with Gasteiger partial charge in [0.15, 0.2) is 0 Å². The molecule has 1 unspecified atom stereocenters. The number of nitrogens with zero attached hydrogens (tertiary/aromatic N) is 2. The quantitative estimate of drug-likeness (QED) is 0.777. The average molecular weight is 232 g/mol. The fraction of sp³-hybridized carbons (Fsp3) is 0.700. The van der Waals surface area contributed by atoms with Gasteiger partial charge in [-0.25, -0.2) is 4.98 Å². The summed E-state index contributed by atoms with van der Waals surface area (Å²) in [6.07, 6.45) is 3.18. The maximum absolute atomic E-state index is 9.49. The molecule has 0 aliphatic carbocycles. The number of nitrogens with one attached hydrogen (secondary N) is 1. The van der Waals surface area contributed by atoms with Crippen molar-refractivity contribution in [2.75, 3.05) is 6.54 Å². The summed E-state index contributed by atoms with van der Waals surface area (Å²) in [6, 6.07) is 0. The molecule has 0 bridgehead atoms. The Labute approximate surface area is 95.3 Å². The molecule has 0 spiro atoms. The van der Waals surface area contributed by atoms with Crippen molar-refractivity contribution < 1.29 is 5.11 Å². The molecule has 1 atom stereocenters. The predicted molar refractivity (Wildman–Crippen MR) is 60.8 cm³/mol. The van der Waals surface area contributed by atoms with Crippen LogP contribution in [-0.2, 0) is 13.6 Å². The molecule has 15 heavy (non-hydrogen) atoms. The lowest BCUT2D eigenvalue weighted by molar-refractivity contribution is 0.160. The van der Waals surface area contributed by atoms with Crippen molar-refractivity contribution in [1.82, 2.24) is 14.9 Å². The monoisotopic (exact) mass is 231 g/mol. The molecule has 0 radical (unpaired) electrons. The Hall–Kier alpha value is -0.580. The largest absolute Gasteiger partial charge is 0.392 e. The topological polar surface area (TPSA) is 50.1 Å². The number of hydrogen-bond acceptors (Lipinski definition) is 3. The second-order valence-corrected chi connectivity index (χ2v) is 4.02. The van der Waals surface area contributed by atoms with Gasteiger partial charge in [0, 0.05) is 13.6 Å². The first-order valence-corrected chi connectivity index (χ1v) is 5.57. The number of imidazole rings is 1. The molecule has 1 aromatic rings. The van der Waals surface area contributed by atoms with Crippen LogP contribution in [-0.4, -0.2) is 27.3 Å². The van der Waals surface area contributed by atoms with E-state index in [0.29, 0.717) is 18.2 Å². The van der Waals surface area contributed by atoms with Crippen molar-refractivity contribution >= 4 is 11.6 Å². The summed E-state index contributed by atoms with van der Waals surface area (Å²) in [5.74, 6) is 0.878. The van der Waals surface area contributed by atoms with Crippen LogP contribution in [0.2, 0.25) is 5.15 Å². The fourth-order valence-corrected chi connectivity index (χ4v) is 1.52. The van der Waals surface area contributed by atoms with E-state index in [1.807, 2.05) is 11.6 Å². The van der Waals surface area contributed by atoms with Gasteiger partial charge in [-0.1, -0.05) is 24.9 Å². The Kier molecular flexibility index (Phi) is 5.08. The fourth-order valence-electron chi connectivity index (χ4n) is 1.37. The first-order chi connectivity index (χ1) is 7.15. The normalized spacial score (nSPS) is 13.1. The van der Waals surface area contributed by atoms with Gasteiger partial charge in [0.05, 0.1) is 18.8 Å². The summed E-state index contributed by atoms with van der Waals surface area (Å²) >= 11 is 5.84. The molecular formula is C10H18ClN3O. The van der Waals surface area contributed by atoms with Crippen molar-refractivity contribution in [1.29, 1.82) is 0 Å². The van der Waals surface area contributed by atoms with E-state index in [1.54, 1.807) is 6.20 Å². The van der Waals surface area contributed by atoms with E-state index >= 15 is 0 Å². The van der Waals surface area contributed by atoms with Gasteiger partial charge >= 0.3 is 0 Å². The van der Waals surface area contributed by atoms with Gasteiger partial charge in [-0.3, -0.25) is 0 Å². The molecule has 0 aliphatic rings.